The molecule has 5 rings (SSSR count). The van der Waals surface area contributed by atoms with E-state index < -0.39 is 5.41 Å². The molecule has 1 aliphatic heterocycles. The number of hydrogen-bond acceptors (Lipinski definition) is 5. The molecule has 3 atom stereocenters. The van der Waals surface area contributed by atoms with Gasteiger partial charge in [-0.25, -0.2) is 4.79 Å². The minimum atomic E-state index is -0.557. The Labute approximate surface area is 213 Å². The highest BCUT2D eigenvalue weighted by molar-refractivity contribution is 5.75. The molecule has 0 unspecified atom stereocenters. The van der Waals surface area contributed by atoms with Gasteiger partial charge in [0.25, 0.3) is 0 Å². The fourth-order valence-corrected chi connectivity index (χ4v) is 6.47. The predicted molar refractivity (Wildman–Crippen MR) is 137 cm³/mol. The number of esters is 1. The van der Waals surface area contributed by atoms with E-state index in [1.54, 1.807) is 0 Å². The van der Waals surface area contributed by atoms with Crippen LogP contribution < -0.4 is 4.74 Å². The highest BCUT2D eigenvalue weighted by Crippen LogP contribution is 2.56. The zero-order valence-electron chi connectivity index (χ0n) is 21.6. The number of likely N-dealkylation sites (tertiary alicyclic amines) is 1. The van der Waals surface area contributed by atoms with E-state index in [2.05, 4.69) is 12.1 Å². The van der Waals surface area contributed by atoms with Gasteiger partial charge >= 0.3 is 12.1 Å². The maximum atomic E-state index is 13.2. The van der Waals surface area contributed by atoms with Crippen LogP contribution in [0.25, 0.3) is 0 Å². The first-order chi connectivity index (χ1) is 17.3. The maximum absolute atomic E-state index is 13.2. The minimum absolute atomic E-state index is 0.0637. The van der Waals surface area contributed by atoms with Gasteiger partial charge in [-0.15, -0.1) is 0 Å². The maximum Gasteiger partial charge on any atom is 0.410 e. The molecule has 2 aromatic rings. The molecule has 1 heterocycles. The molecular formula is C30H37NO5. The SMILES string of the molecule is CC(C)(C)C(=O)OCOc1ccc2c(c1)[C@@]13CCCC[C@H]1[C@@H](C2)N(C(=O)OCc1ccccc1)CC3. The fourth-order valence-electron chi connectivity index (χ4n) is 6.47. The zero-order valence-corrected chi connectivity index (χ0v) is 21.6. The van der Waals surface area contributed by atoms with Crippen molar-refractivity contribution in [1.82, 2.24) is 4.90 Å². The minimum Gasteiger partial charge on any atom is -0.457 e. The second-order valence-electron chi connectivity index (χ2n) is 11.5. The molecule has 3 aliphatic rings. The number of benzene rings is 2. The highest BCUT2D eigenvalue weighted by Gasteiger charge is 2.55. The Balaban J connectivity index is 1.33. The number of hydrogen-bond donors (Lipinski definition) is 0. The molecule has 0 spiro atoms. The van der Waals surface area contributed by atoms with Crippen molar-refractivity contribution in [1.29, 1.82) is 0 Å². The molecule has 2 aromatic carbocycles. The van der Waals surface area contributed by atoms with Crippen molar-refractivity contribution in [2.45, 2.75) is 77.4 Å². The molecule has 192 valence electrons. The predicted octanol–water partition coefficient (Wildman–Crippen LogP) is 6.01. The van der Waals surface area contributed by atoms with E-state index in [1.807, 2.05) is 62.1 Å². The molecule has 36 heavy (non-hydrogen) atoms. The summed E-state index contributed by atoms with van der Waals surface area (Å²) in [6, 6.07) is 16.3. The van der Waals surface area contributed by atoms with Gasteiger partial charge in [-0.05, 0) is 81.2 Å². The molecule has 6 nitrogen and oxygen atoms in total. The molecule has 2 fully saturated rings. The number of carbonyl (C=O) groups excluding carboxylic acids is 2. The topological polar surface area (TPSA) is 65.1 Å². The monoisotopic (exact) mass is 491 g/mol. The Morgan fingerprint density at radius 3 is 2.61 bits per heavy atom. The van der Waals surface area contributed by atoms with Crippen molar-refractivity contribution in [2.75, 3.05) is 13.3 Å². The van der Waals surface area contributed by atoms with E-state index in [-0.39, 0.29) is 30.3 Å². The molecule has 1 saturated carbocycles. The van der Waals surface area contributed by atoms with Crippen LogP contribution in [-0.4, -0.2) is 36.3 Å². The molecule has 1 amide bonds. The number of carbonyl (C=O) groups is 2. The smallest absolute Gasteiger partial charge is 0.410 e. The molecule has 2 aliphatic carbocycles. The van der Waals surface area contributed by atoms with Crippen LogP contribution in [0.3, 0.4) is 0 Å². The van der Waals surface area contributed by atoms with Gasteiger partial charge in [-0.1, -0.05) is 49.2 Å². The van der Waals surface area contributed by atoms with Crippen LogP contribution in [-0.2, 0) is 32.7 Å². The Kier molecular flexibility index (Phi) is 6.71. The van der Waals surface area contributed by atoms with Crippen molar-refractivity contribution in [3.05, 3.63) is 65.2 Å². The van der Waals surface area contributed by atoms with E-state index in [1.165, 1.54) is 24.0 Å². The second-order valence-corrected chi connectivity index (χ2v) is 11.5. The largest absolute Gasteiger partial charge is 0.457 e. The number of fused-ring (bicyclic) bond motifs is 1. The summed E-state index contributed by atoms with van der Waals surface area (Å²) in [5.74, 6) is 0.879. The van der Waals surface area contributed by atoms with Crippen molar-refractivity contribution >= 4 is 12.1 Å². The first kappa shape index (κ1) is 24.7. The van der Waals surface area contributed by atoms with E-state index >= 15 is 0 Å². The average Bonchev–Trinajstić information content (AvgIpc) is 2.87. The lowest BCUT2D eigenvalue weighted by molar-refractivity contribution is -0.159. The third-order valence-corrected chi connectivity index (χ3v) is 8.28. The van der Waals surface area contributed by atoms with Gasteiger partial charge in [0.15, 0.2) is 0 Å². The average molecular weight is 492 g/mol. The number of rotatable bonds is 5. The third-order valence-electron chi connectivity index (χ3n) is 8.28. The lowest BCUT2D eigenvalue weighted by Crippen LogP contribution is -2.62. The van der Waals surface area contributed by atoms with Crippen LogP contribution in [0.2, 0.25) is 0 Å². The van der Waals surface area contributed by atoms with Crippen LogP contribution in [0, 0.1) is 11.3 Å². The zero-order chi connectivity index (χ0) is 25.3. The van der Waals surface area contributed by atoms with Gasteiger partial charge in [-0.3, -0.25) is 4.79 Å². The van der Waals surface area contributed by atoms with E-state index in [0.717, 1.165) is 37.0 Å². The normalized spacial score (nSPS) is 24.8. The van der Waals surface area contributed by atoms with Crippen LogP contribution in [0.15, 0.2) is 48.5 Å². The summed E-state index contributed by atoms with van der Waals surface area (Å²) < 4.78 is 16.9. The molecule has 0 aromatic heterocycles. The number of ether oxygens (including phenoxy) is 3. The Hall–Kier alpha value is -3.02. The molecule has 0 N–H and O–H groups in total. The first-order valence-electron chi connectivity index (χ1n) is 13.2. The summed E-state index contributed by atoms with van der Waals surface area (Å²) in [4.78, 5) is 27.3. The fraction of sp³-hybridized carbons (Fsp3) is 0.533. The lowest BCUT2D eigenvalue weighted by Gasteiger charge is -2.58. The van der Waals surface area contributed by atoms with E-state index in [0.29, 0.717) is 19.1 Å². The molecular weight excluding hydrogens is 454 g/mol. The van der Waals surface area contributed by atoms with Gasteiger partial charge in [0.2, 0.25) is 6.79 Å². The number of nitrogens with zero attached hydrogens (tertiary/aromatic N) is 1. The Morgan fingerprint density at radius 1 is 1.03 bits per heavy atom. The van der Waals surface area contributed by atoms with Gasteiger partial charge in [-0.2, -0.15) is 0 Å². The van der Waals surface area contributed by atoms with Crippen LogP contribution in [0.5, 0.6) is 5.75 Å². The summed E-state index contributed by atoms with van der Waals surface area (Å²) >= 11 is 0. The summed E-state index contributed by atoms with van der Waals surface area (Å²) in [5, 5.41) is 0. The van der Waals surface area contributed by atoms with Crippen molar-refractivity contribution in [3.63, 3.8) is 0 Å². The standard InChI is InChI=1S/C30H37NO5/c1-29(2,3)27(32)36-20-35-23-13-12-22-17-26-24-11-7-8-14-30(24,25(22)18-23)15-16-31(26)28(33)34-19-21-9-5-4-6-10-21/h4-6,9-10,12-13,18,24,26H,7-8,11,14-17,19-20H2,1-3H3/t24-,26+,30+/m0/s1. The van der Waals surface area contributed by atoms with Crippen LogP contribution >= 0.6 is 0 Å². The molecule has 2 bridgehead atoms. The number of piperidine rings is 1. The Bertz CT molecular complexity index is 1110. The van der Waals surface area contributed by atoms with Crippen molar-refractivity contribution in [2.24, 2.45) is 11.3 Å². The Morgan fingerprint density at radius 2 is 1.83 bits per heavy atom. The first-order valence-corrected chi connectivity index (χ1v) is 13.2. The molecule has 6 heteroatoms. The van der Waals surface area contributed by atoms with E-state index in [9.17, 15) is 9.59 Å². The third kappa shape index (κ3) is 4.70. The van der Waals surface area contributed by atoms with E-state index in [4.69, 9.17) is 14.2 Å². The van der Waals surface area contributed by atoms with Gasteiger partial charge < -0.3 is 19.1 Å². The van der Waals surface area contributed by atoms with Crippen LogP contribution in [0.4, 0.5) is 4.79 Å². The van der Waals surface area contributed by atoms with Crippen LogP contribution in [0.1, 0.15) is 69.6 Å². The summed E-state index contributed by atoms with van der Waals surface area (Å²) in [7, 11) is 0. The van der Waals surface area contributed by atoms with Crippen molar-refractivity contribution < 1.29 is 23.8 Å². The van der Waals surface area contributed by atoms with Crippen molar-refractivity contribution in [3.8, 4) is 5.75 Å². The lowest BCUT2D eigenvalue weighted by atomic mass is 9.52. The van der Waals surface area contributed by atoms with Gasteiger partial charge in [0, 0.05) is 18.0 Å². The summed E-state index contributed by atoms with van der Waals surface area (Å²) in [6.45, 7) is 6.41. The summed E-state index contributed by atoms with van der Waals surface area (Å²) in [6.07, 6.45) is 6.23. The molecule has 1 saturated heterocycles. The summed E-state index contributed by atoms with van der Waals surface area (Å²) in [5.41, 5.74) is 3.16. The highest BCUT2D eigenvalue weighted by atomic mass is 16.7. The second kappa shape index (κ2) is 9.79. The number of amides is 1. The molecule has 0 radical (unpaired) electrons. The quantitative estimate of drug-likeness (QED) is 0.379. The van der Waals surface area contributed by atoms with Gasteiger partial charge in [0.1, 0.15) is 12.4 Å². The van der Waals surface area contributed by atoms with Gasteiger partial charge in [0.05, 0.1) is 5.41 Å².